The topological polar surface area (TPSA) is 104 Å². The zero-order valence-electron chi connectivity index (χ0n) is 23.8. The SMILES string of the molecule is CCCCCCCCCCCCCCCCC[C@@H]1CO[C@H](COP(=O)(O)OCC[N+](C)(C)C)CO1.[OH-]. The van der Waals surface area contributed by atoms with E-state index in [1.54, 1.807) is 0 Å². The third-order valence-electron chi connectivity index (χ3n) is 6.61. The molecule has 1 unspecified atom stereocenters. The van der Waals surface area contributed by atoms with Crippen molar-refractivity contribution >= 4 is 7.82 Å². The van der Waals surface area contributed by atoms with Gasteiger partial charge in [-0.1, -0.05) is 103 Å². The highest BCUT2D eigenvalue weighted by Crippen LogP contribution is 2.43. The number of ether oxygens (including phenoxy) is 2. The third kappa shape index (κ3) is 22.0. The highest BCUT2D eigenvalue weighted by molar-refractivity contribution is 7.47. The Morgan fingerprint density at radius 1 is 0.750 bits per heavy atom. The van der Waals surface area contributed by atoms with Crippen molar-refractivity contribution < 1.29 is 37.9 Å². The van der Waals surface area contributed by atoms with Gasteiger partial charge in [-0.25, -0.2) is 4.57 Å². The molecule has 1 aliphatic rings. The van der Waals surface area contributed by atoms with Crippen LogP contribution in [0.15, 0.2) is 0 Å². The van der Waals surface area contributed by atoms with E-state index in [0.29, 0.717) is 24.2 Å². The van der Waals surface area contributed by atoms with E-state index in [0.717, 1.165) is 6.42 Å². The summed E-state index contributed by atoms with van der Waals surface area (Å²) in [6.45, 7) is 3.98. The van der Waals surface area contributed by atoms with Crippen LogP contribution >= 0.6 is 7.82 Å². The predicted octanol–water partition coefficient (Wildman–Crippen LogP) is 6.69. The predicted molar refractivity (Wildman–Crippen MR) is 146 cm³/mol. The Morgan fingerprint density at radius 3 is 1.64 bits per heavy atom. The molecular weight excluding hydrogens is 481 g/mol. The maximum atomic E-state index is 12.0. The Bertz CT molecular complexity index is 537. The highest BCUT2D eigenvalue weighted by Gasteiger charge is 2.28. The number of unbranched alkanes of at least 4 members (excludes halogenated alkanes) is 14. The molecule has 9 heteroatoms. The molecule has 0 radical (unpaired) electrons. The fourth-order valence-corrected chi connectivity index (χ4v) is 4.98. The van der Waals surface area contributed by atoms with Gasteiger partial charge in [0.2, 0.25) is 0 Å². The highest BCUT2D eigenvalue weighted by atomic mass is 31.2. The van der Waals surface area contributed by atoms with Crippen LogP contribution in [0, 0.1) is 0 Å². The van der Waals surface area contributed by atoms with Crippen molar-refractivity contribution in [2.45, 2.75) is 122 Å². The Labute approximate surface area is 221 Å². The van der Waals surface area contributed by atoms with E-state index in [-0.39, 0.29) is 30.9 Å². The molecule has 8 nitrogen and oxygen atoms in total. The lowest BCUT2D eigenvalue weighted by Gasteiger charge is -2.30. The van der Waals surface area contributed by atoms with Crippen molar-refractivity contribution in [1.82, 2.24) is 0 Å². The summed E-state index contributed by atoms with van der Waals surface area (Å²) >= 11 is 0. The molecule has 3 atom stereocenters. The minimum atomic E-state index is -4.05. The summed E-state index contributed by atoms with van der Waals surface area (Å²) in [6, 6.07) is 0. The first kappa shape index (κ1) is 35.9. The maximum absolute atomic E-state index is 12.0. The van der Waals surface area contributed by atoms with Gasteiger partial charge in [0.05, 0.1) is 47.1 Å². The van der Waals surface area contributed by atoms with Gasteiger partial charge in [-0.15, -0.1) is 0 Å². The zero-order valence-corrected chi connectivity index (χ0v) is 24.7. The van der Waals surface area contributed by atoms with Crippen LogP contribution in [0.2, 0.25) is 0 Å². The molecule has 0 aromatic rings. The maximum Gasteiger partial charge on any atom is 0.472 e. The molecule has 0 amide bonds. The van der Waals surface area contributed by atoms with Crippen molar-refractivity contribution in [3.05, 3.63) is 0 Å². The minimum absolute atomic E-state index is 0. The Balaban J connectivity index is 0.0000122. The molecule has 218 valence electrons. The summed E-state index contributed by atoms with van der Waals surface area (Å²) in [6.07, 6.45) is 21.3. The summed E-state index contributed by atoms with van der Waals surface area (Å²) < 4.78 is 34.4. The summed E-state index contributed by atoms with van der Waals surface area (Å²) in [4.78, 5) is 9.80. The lowest BCUT2D eigenvalue weighted by Crippen LogP contribution is -2.38. The van der Waals surface area contributed by atoms with Crippen molar-refractivity contribution in [3.8, 4) is 0 Å². The van der Waals surface area contributed by atoms with E-state index in [2.05, 4.69) is 6.92 Å². The number of nitrogens with zero attached hydrogens (tertiary/aromatic N) is 1. The van der Waals surface area contributed by atoms with E-state index >= 15 is 0 Å². The first-order chi connectivity index (χ1) is 16.7. The van der Waals surface area contributed by atoms with E-state index in [1.807, 2.05) is 21.1 Å². The molecule has 0 bridgehead atoms. The van der Waals surface area contributed by atoms with E-state index < -0.39 is 7.82 Å². The molecule has 1 heterocycles. The normalized spacial score (nSPS) is 20.1. The van der Waals surface area contributed by atoms with Gasteiger partial charge in [0.1, 0.15) is 19.3 Å². The summed E-state index contributed by atoms with van der Waals surface area (Å²) in [5.74, 6) is 0. The zero-order chi connectivity index (χ0) is 25.8. The largest absolute Gasteiger partial charge is 0.870 e. The molecule has 0 saturated carbocycles. The standard InChI is InChI=1S/C27H56NO6P.H2O/c1-5-6-7-8-9-10-11-12-13-14-15-16-17-18-19-20-26-23-32-27(24-31-26)25-34-35(29,30)33-22-21-28(2,3)4;/h26-27H,5-25H2,1-4H3;1H2/t26-,27+;/m1./s1. The summed E-state index contributed by atoms with van der Waals surface area (Å²) in [5, 5.41) is 0. The monoisotopic (exact) mass is 539 g/mol. The molecule has 0 aromatic heterocycles. The second-order valence-corrected chi connectivity index (χ2v) is 12.7. The number of hydrogen-bond acceptors (Lipinski definition) is 6. The number of rotatable bonds is 23. The lowest BCUT2D eigenvalue weighted by atomic mass is 10.0. The van der Waals surface area contributed by atoms with Crippen molar-refractivity contribution in [1.29, 1.82) is 0 Å². The molecule has 1 aliphatic heterocycles. The van der Waals surface area contributed by atoms with E-state index in [9.17, 15) is 9.46 Å². The first-order valence-electron chi connectivity index (χ1n) is 14.4. The number of hydrogen-bond donors (Lipinski definition) is 1. The average Bonchev–Trinajstić information content (AvgIpc) is 2.80. The van der Waals surface area contributed by atoms with Gasteiger partial charge < -0.3 is 24.3 Å². The second kappa shape index (κ2) is 21.8. The van der Waals surface area contributed by atoms with Crippen LogP contribution in [-0.4, -0.2) is 81.2 Å². The van der Waals surface area contributed by atoms with E-state index in [4.69, 9.17) is 18.5 Å². The molecule has 0 aromatic carbocycles. The number of phosphoric ester groups is 1. The summed E-state index contributed by atoms with van der Waals surface area (Å²) in [7, 11) is 1.93. The molecule has 1 rings (SSSR count). The molecule has 2 N–H and O–H groups in total. The van der Waals surface area contributed by atoms with Crippen LogP contribution in [0.3, 0.4) is 0 Å². The fourth-order valence-electron chi connectivity index (χ4n) is 4.23. The van der Waals surface area contributed by atoms with Gasteiger partial charge in [0.15, 0.2) is 0 Å². The first-order valence-corrected chi connectivity index (χ1v) is 15.9. The van der Waals surface area contributed by atoms with Crippen LogP contribution in [0.5, 0.6) is 0 Å². The van der Waals surface area contributed by atoms with Crippen molar-refractivity contribution in [2.75, 3.05) is 54.1 Å². The third-order valence-corrected chi connectivity index (χ3v) is 7.59. The van der Waals surface area contributed by atoms with Crippen LogP contribution in [-0.2, 0) is 23.1 Å². The molecule has 1 saturated heterocycles. The van der Waals surface area contributed by atoms with Crippen LogP contribution < -0.4 is 0 Å². The average molecular weight is 540 g/mol. The van der Waals surface area contributed by atoms with Gasteiger partial charge >= 0.3 is 7.82 Å². The Hall–Kier alpha value is -0.0500. The van der Waals surface area contributed by atoms with Gasteiger partial charge in [0.25, 0.3) is 0 Å². The Morgan fingerprint density at radius 2 is 1.19 bits per heavy atom. The molecule has 1 fully saturated rings. The number of phosphoric acid groups is 1. The second-order valence-electron chi connectivity index (χ2n) is 11.3. The Kier molecular flexibility index (Phi) is 21.8. The molecule has 0 aliphatic carbocycles. The number of likely N-dealkylation sites (N-methyl/N-ethyl adjacent to an activating group) is 1. The van der Waals surface area contributed by atoms with Gasteiger partial charge in [-0.2, -0.15) is 0 Å². The van der Waals surface area contributed by atoms with E-state index in [1.165, 1.54) is 96.3 Å². The quantitative estimate of drug-likeness (QED) is 0.0875. The smallest absolute Gasteiger partial charge is 0.472 e. The van der Waals surface area contributed by atoms with Crippen LogP contribution in [0.4, 0.5) is 0 Å². The fraction of sp³-hybridized carbons (Fsp3) is 1.00. The van der Waals surface area contributed by atoms with Crippen LogP contribution in [0.1, 0.15) is 110 Å². The van der Waals surface area contributed by atoms with Crippen molar-refractivity contribution in [2.24, 2.45) is 0 Å². The lowest BCUT2D eigenvalue weighted by molar-refractivity contribution is -0.870. The molecular formula is C27H58NO7P. The summed E-state index contributed by atoms with van der Waals surface area (Å²) in [5.41, 5.74) is 0. The van der Waals surface area contributed by atoms with Gasteiger partial charge in [-0.05, 0) is 6.42 Å². The number of quaternary nitrogens is 1. The molecule has 36 heavy (non-hydrogen) atoms. The van der Waals surface area contributed by atoms with Crippen LogP contribution in [0.25, 0.3) is 0 Å². The molecule has 0 spiro atoms. The minimum Gasteiger partial charge on any atom is -0.870 e. The van der Waals surface area contributed by atoms with Gasteiger partial charge in [0, 0.05) is 0 Å². The van der Waals surface area contributed by atoms with Crippen molar-refractivity contribution in [3.63, 3.8) is 0 Å². The van der Waals surface area contributed by atoms with Gasteiger partial charge in [-0.3, -0.25) is 9.05 Å².